The number of benzene rings is 1. The van der Waals surface area contributed by atoms with E-state index in [9.17, 15) is 5.11 Å². The summed E-state index contributed by atoms with van der Waals surface area (Å²) in [4.78, 5) is 0. The summed E-state index contributed by atoms with van der Waals surface area (Å²) >= 11 is 3.36. The second kappa shape index (κ2) is 4.58. The fourth-order valence-corrected chi connectivity index (χ4v) is 1.54. The van der Waals surface area contributed by atoms with Crippen LogP contribution in [0.2, 0.25) is 0 Å². The molecule has 1 rings (SSSR count). The first-order valence-corrected chi connectivity index (χ1v) is 5.00. The number of aliphatic hydroxyl groups excluding tert-OH is 1. The van der Waals surface area contributed by atoms with Crippen molar-refractivity contribution in [3.63, 3.8) is 0 Å². The van der Waals surface area contributed by atoms with Crippen molar-refractivity contribution in [2.45, 2.75) is 13.0 Å². The molecule has 2 heteroatoms. The molecule has 0 aliphatic carbocycles. The molecule has 13 heavy (non-hydrogen) atoms. The second-order valence-corrected chi connectivity index (χ2v) is 4.01. The predicted molar refractivity (Wildman–Crippen MR) is 58.5 cm³/mol. The Balaban J connectivity index is 2.88. The number of rotatable bonds is 3. The molecule has 70 valence electrons. The molecule has 1 N–H and O–H groups in total. The van der Waals surface area contributed by atoms with Crippen LogP contribution in [0, 0.1) is 5.92 Å². The Bertz CT molecular complexity index is 296. The molecule has 0 spiro atoms. The van der Waals surface area contributed by atoms with E-state index in [0.717, 1.165) is 10.0 Å². The molecule has 1 nitrogen and oxygen atoms in total. The van der Waals surface area contributed by atoms with Crippen LogP contribution in [0.5, 0.6) is 0 Å². The van der Waals surface area contributed by atoms with Gasteiger partial charge in [0.15, 0.2) is 0 Å². The summed E-state index contributed by atoms with van der Waals surface area (Å²) in [6.07, 6.45) is 1.29. The van der Waals surface area contributed by atoms with Gasteiger partial charge < -0.3 is 5.11 Å². The summed E-state index contributed by atoms with van der Waals surface area (Å²) in [6.45, 7) is 5.60. The highest BCUT2D eigenvalue weighted by Gasteiger charge is 2.12. The molecule has 0 aromatic heterocycles. The first-order chi connectivity index (χ1) is 6.15. The molecular weight excluding hydrogens is 228 g/mol. The minimum atomic E-state index is -0.463. The molecule has 0 fully saturated rings. The molecule has 0 saturated carbocycles. The van der Waals surface area contributed by atoms with Gasteiger partial charge in [0.1, 0.15) is 0 Å². The fourth-order valence-electron chi connectivity index (χ4n) is 1.12. The molecule has 0 saturated heterocycles. The first-order valence-electron chi connectivity index (χ1n) is 4.21. The van der Waals surface area contributed by atoms with Gasteiger partial charge in [0.2, 0.25) is 0 Å². The Hall–Kier alpha value is -0.600. The third-order valence-electron chi connectivity index (χ3n) is 2.06. The van der Waals surface area contributed by atoms with Crippen LogP contribution in [0.15, 0.2) is 41.4 Å². The Morgan fingerprint density at radius 2 is 2.23 bits per heavy atom. The number of hydrogen-bond donors (Lipinski definition) is 1. The van der Waals surface area contributed by atoms with Crippen LogP contribution in [-0.4, -0.2) is 5.11 Å². The van der Waals surface area contributed by atoms with Crippen molar-refractivity contribution in [1.82, 2.24) is 0 Å². The predicted octanol–water partition coefficient (Wildman–Crippen LogP) is 3.30. The third-order valence-corrected chi connectivity index (χ3v) is 2.55. The van der Waals surface area contributed by atoms with Gasteiger partial charge in [0, 0.05) is 10.4 Å². The zero-order valence-electron chi connectivity index (χ0n) is 7.57. The van der Waals surface area contributed by atoms with Crippen molar-refractivity contribution in [2.24, 2.45) is 5.92 Å². The van der Waals surface area contributed by atoms with Gasteiger partial charge in [-0.05, 0) is 17.7 Å². The average Bonchev–Trinajstić information content (AvgIpc) is 2.15. The molecule has 0 unspecified atom stereocenters. The van der Waals surface area contributed by atoms with Crippen LogP contribution in [0.3, 0.4) is 0 Å². The topological polar surface area (TPSA) is 20.2 Å². The number of aliphatic hydroxyl groups is 1. The van der Waals surface area contributed by atoms with E-state index in [1.165, 1.54) is 0 Å². The maximum absolute atomic E-state index is 9.82. The fraction of sp³-hybridized carbons (Fsp3) is 0.273. The highest BCUT2D eigenvalue weighted by atomic mass is 79.9. The van der Waals surface area contributed by atoms with Gasteiger partial charge in [0.05, 0.1) is 6.10 Å². The van der Waals surface area contributed by atoms with E-state index in [1.807, 2.05) is 31.2 Å². The molecule has 0 aliphatic rings. The van der Waals surface area contributed by atoms with Crippen LogP contribution in [0.1, 0.15) is 18.6 Å². The Labute approximate surface area is 87.2 Å². The van der Waals surface area contributed by atoms with Gasteiger partial charge in [-0.3, -0.25) is 0 Å². The zero-order chi connectivity index (χ0) is 9.84. The lowest BCUT2D eigenvalue weighted by atomic mass is 9.98. The summed E-state index contributed by atoms with van der Waals surface area (Å²) in [7, 11) is 0. The third kappa shape index (κ3) is 2.68. The summed E-state index contributed by atoms with van der Waals surface area (Å²) < 4.78 is 0.986. The molecule has 1 aromatic carbocycles. The van der Waals surface area contributed by atoms with Gasteiger partial charge in [-0.25, -0.2) is 0 Å². The van der Waals surface area contributed by atoms with E-state index >= 15 is 0 Å². The lowest BCUT2D eigenvalue weighted by Crippen LogP contribution is -2.05. The van der Waals surface area contributed by atoms with E-state index < -0.39 is 6.10 Å². The van der Waals surface area contributed by atoms with Crippen molar-refractivity contribution in [1.29, 1.82) is 0 Å². The van der Waals surface area contributed by atoms with E-state index in [0.29, 0.717) is 0 Å². The minimum Gasteiger partial charge on any atom is -0.388 e. The van der Waals surface area contributed by atoms with Crippen molar-refractivity contribution in [2.75, 3.05) is 0 Å². The Morgan fingerprint density at radius 3 is 2.77 bits per heavy atom. The van der Waals surface area contributed by atoms with Gasteiger partial charge in [-0.2, -0.15) is 0 Å². The standard InChI is InChI=1S/C11H13BrO/c1-3-8(2)11(13)9-5-4-6-10(12)7-9/h3-8,11,13H,1H2,2H3/t8-,11-/m0/s1. The number of halogens is 1. The maximum Gasteiger partial charge on any atom is 0.0850 e. The van der Waals surface area contributed by atoms with Gasteiger partial charge >= 0.3 is 0 Å². The van der Waals surface area contributed by atoms with Gasteiger partial charge in [-0.15, -0.1) is 6.58 Å². The maximum atomic E-state index is 9.82. The molecule has 0 heterocycles. The molecular formula is C11H13BrO. The largest absolute Gasteiger partial charge is 0.388 e. The highest BCUT2D eigenvalue weighted by molar-refractivity contribution is 9.10. The molecule has 0 radical (unpaired) electrons. The monoisotopic (exact) mass is 240 g/mol. The van der Waals surface area contributed by atoms with Gasteiger partial charge in [0.25, 0.3) is 0 Å². The lowest BCUT2D eigenvalue weighted by Gasteiger charge is -2.15. The Kier molecular flexibility index (Phi) is 3.70. The zero-order valence-corrected chi connectivity index (χ0v) is 9.16. The van der Waals surface area contributed by atoms with Crippen LogP contribution in [0.25, 0.3) is 0 Å². The van der Waals surface area contributed by atoms with Crippen LogP contribution >= 0.6 is 15.9 Å². The van der Waals surface area contributed by atoms with E-state index in [4.69, 9.17) is 0 Å². The number of hydrogen-bond acceptors (Lipinski definition) is 1. The van der Waals surface area contributed by atoms with Gasteiger partial charge in [-0.1, -0.05) is 41.1 Å². The van der Waals surface area contributed by atoms with Crippen LogP contribution in [-0.2, 0) is 0 Å². The summed E-state index contributed by atoms with van der Waals surface area (Å²) in [6, 6.07) is 7.69. The van der Waals surface area contributed by atoms with Crippen molar-refractivity contribution >= 4 is 15.9 Å². The molecule has 2 atom stereocenters. The molecule has 0 amide bonds. The minimum absolute atomic E-state index is 0.0781. The molecule has 0 aliphatic heterocycles. The quantitative estimate of drug-likeness (QED) is 0.805. The first kappa shape index (κ1) is 10.5. The molecule has 0 bridgehead atoms. The van der Waals surface area contributed by atoms with Crippen molar-refractivity contribution in [3.8, 4) is 0 Å². The smallest absolute Gasteiger partial charge is 0.0850 e. The normalized spacial score (nSPS) is 15.0. The summed E-state index contributed by atoms with van der Waals surface area (Å²) in [5.74, 6) is 0.0781. The highest BCUT2D eigenvalue weighted by Crippen LogP contribution is 2.24. The molecule has 1 aromatic rings. The SMILES string of the molecule is C=C[C@H](C)[C@H](O)c1cccc(Br)c1. The van der Waals surface area contributed by atoms with Crippen molar-refractivity contribution in [3.05, 3.63) is 47.0 Å². The van der Waals surface area contributed by atoms with Crippen molar-refractivity contribution < 1.29 is 5.11 Å². The summed E-state index contributed by atoms with van der Waals surface area (Å²) in [5.41, 5.74) is 0.918. The second-order valence-electron chi connectivity index (χ2n) is 3.09. The lowest BCUT2D eigenvalue weighted by molar-refractivity contribution is 0.140. The van der Waals surface area contributed by atoms with E-state index in [2.05, 4.69) is 22.5 Å². The van der Waals surface area contributed by atoms with E-state index in [-0.39, 0.29) is 5.92 Å². The van der Waals surface area contributed by atoms with Crippen LogP contribution < -0.4 is 0 Å². The average molecular weight is 241 g/mol. The van der Waals surface area contributed by atoms with E-state index in [1.54, 1.807) is 6.08 Å². The summed E-state index contributed by atoms with van der Waals surface area (Å²) in [5, 5.41) is 9.82. The Morgan fingerprint density at radius 1 is 1.54 bits per heavy atom. The van der Waals surface area contributed by atoms with Crippen LogP contribution in [0.4, 0.5) is 0 Å².